The predicted molar refractivity (Wildman–Crippen MR) is 80.0 cm³/mol. The van der Waals surface area contributed by atoms with Crippen LogP contribution in [0.5, 0.6) is 0 Å². The van der Waals surface area contributed by atoms with Crippen molar-refractivity contribution in [3.8, 4) is 0 Å². The van der Waals surface area contributed by atoms with Crippen LogP contribution in [0.3, 0.4) is 0 Å². The predicted octanol–water partition coefficient (Wildman–Crippen LogP) is 2.44. The molecule has 0 unspecified atom stereocenters. The number of halogens is 4. The molecular formula is C14H22ClF3N4. The van der Waals surface area contributed by atoms with Crippen molar-refractivity contribution in [3.63, 3.8) is 0 Å². The number of rotatable bonds is 3. The molecule has 0 amide bonds. The zero-order valence-corrected chi connectivity index (χ0v) is 13.2. The molecule has 0 aromatic carbocycles. The van der Waals surface area contributed by atoms with Crippen LogP contribution in [0.25, 0.3) is 0 Å². The quantitative estimate of drug-likeness (QED) is 0.919. The van der Waals surface area contributed by atoms with E-state index in [0.29, 0.717) is 12.0 Å². The number of aromatic nitrogens is 2. The molecule has 2 aliphatic heterocycles. The zero-order chi connectivity index (χ0) is 14.9. The second-order valence-corrected chi connectivity index (χ2v) is 6.37. The van der Waals surface area contributed by atoms with Crippen LogP contribution >= 0.6 is 12.4 Å². The van der Waals surface area contributed by atoms with E-state index in [-0.39, 0.29) is 12.4 Å². The van der Waals surface area contributed by atoms with Gasteiger partial charge in [0.1, 0.15) is 6.54 Å². The van der Waals surface area contributed by atoms with Crippen LogP contribution in [0, 0.1) is 5.41 Å². The Morgan fingerprint density at radius 2 is 1.95 bits per heavy atom. The maximum Gasteiger partial charge on any atom is 0.408 e. The Bertz CT molecular complexity index is 483. The van der Waals surface area contributed by atoms with Crippen molar-refractivity contribution in [3.05, 3.63) is 18.0 Å². The summed E-state index contributed by atoms with van der Waals surface area (Å²) in [7, 11) is 0. The third kappa shape index (κ3) is 4.36. The van der Waals surface area contributed by atoms with E-state index in [1.807, 2.05) is 0 Å². The lowest BCUT2D eigenvalue weighted by molar-refractivity contribution is -0.142. The molecular weight excluding hydrogens is 317 g/mol. The summed E-state index contributed by atoms with van der Waals surface area (Å²) in [6.07, 6.45) is 2.47. The van der Waals surface area contributed by atoms with Gasteiger partial charge in [-0.05, 0) is 44.3 Å². The third-order valence-corrected chi connectivity index (χ3v) is 4.62. The fourth-order valence-corrected chi connectivity index (χ4v) is 3.54. The molecule has 2 saturated heterocycles. The van der Waals surface area contributed by atoms with E-state index in [9.17, 15) is 13.2 Å². The minimum absolute atomic E-state index is 0. The van der Waals surface area contributed by atoms with Crippen LogP contribution in [-0.2, 0) is 13.1 Å². The number of nitrogens with one attached hydrogen (secondary N) is 1. The van der Waals surface area contributed by atoms with E-state index in [1.165, 1.54) is 25.5 Å². The first-order chi connectivity index (χ1) is 9.94. The van der Waals surface area contributed by atoms with Crippen molar-refractivity contribution in [1.82, 2.24) is 20.0 Å². The van der Waals surface area contributed by atoms with E-state index in [4.69, 9.17) is 0 Å². The van der Waals surface area contributed by atoms with Crippen LogP contribution in [-0.4, -0.2) is 47.0 Å². The zero-order valence-electron chi connectivity index (χ0n) is 12.4. The molecule has 126 valence electrons. The summed E-state index contributed by atoms with van der Waals surface area (Å²) in [5.41, 5.74) is 1.29. The summed E-state index contributed by atoms with van der Waals surface area (Å²) in [4.78, 5) is 2.35. The van der Waals surface area contributed by atoms with Crippen LogP contribution < -0.4 is 5.32 Å². The highest BCUT2D eigenvalue weighted by molar-refractivity contribution is 5.85. The van der Waals surface area contributed by atoms with Gasteiger partial charge in [-0.1, -0.05) is 0 Å². The number of piperidine rings is 1. The van der Waals surface area contributed by atoms with E-state index in [1.54, 1.807) is 6.20 Å². The summed E-state index contributed by atoms with van der Waals surface area (Å²) < 4.78 is 37.9. The third-order valence-electron chi connectivity index (χ3n) is 4.62. The van der Waals surface area contributed by atoms with E-state index in [0.717, 1.165) is 36.4 Å². The summed E-state index contributed by atoms with van der Waals surface area (Å²) in [6, 6.07) is 0. The lowest BCUT2D eigenvalue weighted by atomic mass is 9.78. The largest absolute Gasteiger partial charge is 0.408 e. The molecule has 1 N–H and O–H groups in total. The number of hydrogen-bond acceptors (Lipinski definition) is 3. The molecule has 0 atom stereocenters. The van der Waals surface area contributed by atoms with Gasteiger partial charge in [0, 0.05) is 24.8 Å². The van der Waals surface area contributed by atoms with Gasteiger partial charge in [0.25, 0.3) is 0 Å². The SMILES string of the molecule is Cl.FC(F)(F)Cn1cc(CN2CCC3(CCNCC3)C2)cn1. The van der Waals surface area contributed by atoms with Crippen LogP contribution in [0.2, 0.25) is 0 Å². The van der Waals surface area contributed by atoms with Crippen LogP contribution in [0.4, 0.5) is 13.2 Å². The summed E-state index contributed by atoms with van der Waals surface area (Å²) >= 11 is 0. The average Bonchev–Trinajstić information content (AvgIpc) is 2.97. The first-order valence-corrected chi connectivity index (χ1v) is 7.45. The first-order valence-electron chi connectivity index (χ1n) is 7.45. The molecule has 22 heavy (non-hydrogen) atoms. The molecule has 2 fully saturated rings. The van der Waals surface area contributed by atoms with Gasteiger partial charge in [0.15, 0.2) is 0 Å². The molecule has 0 aliphatic carbocycles. The highest BCUT2D eigenvalue weighted by Crippen LogP contribution is 2.38. The topological polar surface area (TPSA) is 33.1 Å². The highest BCUT2D eigenvalue weighted by atomic mass is 35.5. The van der Waals surface area contributed by atoms with Crippen molar-refractivity contribution in [1.29, 1.82) is 0 Å². The monoisotopic (exact) mass is 338 g/mol. The Kier molecular flexibility index (Phi) is 5.40. The van der Waals surface area contributed by atoms with Crippen LogP contribution in [0.15, 0.2) is 12.4 Å². The maximum absolute atomic E-state index is 12.3. The second-order valence-electron chi connectivity index (χ2n) is 6.37. The van der Waals surface area contributed by atoms with Gasteiger partial charge in [-0.25, -0.2) is 0 Å². The normalized spacial score (nSPS) is 22.0. The summed E-state index contributed by atoms with van der Waals surface area (Å²) in [5.74, 6) is 0. The molecule has 0 bridgehead atoms. The van der Waals surface area contributed by atoms with Gasteiger partial charge in [-0.3, -0.25) is 9.58 Å². The van der Waals surface area contributed by atoms with Crippen LogP contribution in [0.1, 0.15) is 24.8 Å². The molecule has 1 spiro atoms. The molecule has 3 rings (SSSR count). The molecule has 1 aromatic rings. The molecule has 8 heteroatoms. The Morgan fingerprint density at radius 3 is 2.64 bits per heavy atom. The van der Waals surface area contributed by atoms with Gasteiger partial charge in [-0.2, -0.15) is 18.3 Å². The van der Waals surface area contributed by atoms with Gasteiger partial charge >= 0.3 is 6.18 Å². The summed E-state index contributed by atoms with van der Waals surface area (Å²) in [6.45, 7) is 3.94. The maximum atomic E-state index is 12.3. The molecule has 0 saturated carbocycles. The second kappa shape index (κ2) is 6.76. The lowest BCUT2D eigenvalue weighted by Crippen LogP contribution is -2.38. The van der Waals surface area contributed by atoms with Crippen molar-refractivity contribution < 1.29 is 13.2 Å². The van der Waals surface area contributed by atoms with Crippen molar-refractivity contribution in [2.24, 2.45) is 5.41 Å². The standard InChI is InChI=1S/C14H21F3N4.ClH/c15-14(16,17)11-21-9-12(7-19-21)8-20-6-3-13(10-20)1-4-18-5-2-13;/h7,9,18H,1-6,8,10-11H2;1H. The van der Waals surface area contributed by atoms with E-state index >= 15 is 0 Å². The minimum atomic E-state index is -4.21. The first kappa shape index (κ1) is 17.6. The smallest absolute Gasteiger partial charge is 0.317 e. The number of alkyl halides is 3. The van der Waals surface area contributed by atoms with Crippen molar-refractivity contribution in [2.45, 2.75) is 38.5 Å². The lowest BCUT2D eigenvalue weighted by Gasteiger charge is -2.33. The Morgan fingerprint density at radius 1 is 1.23 bits per heavy atom. The Balaban J connectivity index is 0.00000176. The Hall–Kier alpha value is -0.790. The highest BCUT2D eigenvalue weighted by Gasteiger charge is 2.38. The number of likely N-dealkylation sites (tertiary alicyclic amines) is 1. The van der Waals surface area contributed by atoms with E-state index in [2.05, 4.69) is 15.3 Å². The molecule has 0 radical (unpaired) electrons. The summed E-state index contributed by atoms with van der Waals surface area (Å²) in [5, 5.41) is 7.19. The Labute approximate surface area is 134 Å². The molecule has 3 heterocycles. The average molecular weight is 339 g/mol. The number of hydrogen-bond donors (Lipinski definition) is 1. The molecule has 2 aliphatic rings. The number of nitrogens with zero attached hydrogens (tertiary/aromatic N) is 3. The van der Waals surface area contributed by atoms with Gasteiger partial charge < -0.3 is 5.32 Å². The fourth-order valence-electron chi connectivity index (χ4n) is 3.54. The fraction of sp³-hybridized carbons (Fsp3) is 0.786. The van der Waals surface area contributed by atoms with Crippen molar-refractivity contribution in [2.75, 3.05) is 26.2 Å². The van der Waals surface area contributed by atoms with Gasteiger partial charge in [0.05, 0.1) is 6.20 Å². The van der Waals surface area contributed by atoms with Crippen molar-refractivity contribution >= 4 is 12.4 Å². The molecule has 4 nitrogen and oxygen atoms in total. The minimum Gasteiger partial charge on any atom is -0.317 e. The van der Waals surface area contributed by atoms with E-state index < -0.39 is 12.7 Å². The van der Waals surface area contributed by atoms with Gasteiger partial charge in [-0.15, -0.1) is 12.4 Å². The van der Waals surface area contributed by atoms with Gasteiger partial charge in [0.2, 0.25) is 0 Å². The molecule has 1 aromatic heterocycles.